The van der Waals surface area contributed by atoms with Crippen molar-refractivity contribution < 1.29 is 22.4 Å². The molecule has 168 valence electrons. The number of amides is 2. The summed E-state index contributed by atoms with van der Waals surface area (Å²) in [5.41, 5.74) is 6.40. The summed E-state index contributed by atoms with van der Waals surface area (Å²) in [6.07, 6.45) is 0. The number of sulfonamides is 1. The first-order valence-corrected chi connectivity index (χ1v) is 10.9. The van der Waals surface area contributed by atoms with Gasteiger partial charge in [-0.2, -0.15) is 5.10 Å². The zero-order chi connectivity index (χ0) is 23.6. The molecule has 0 radical (unpaired) electrons. The first-order chi connectivity index (χ1) is 15.0. The normalized spacial score (nSPS) is 11.4. The minimum absolute atomic E-state index is 0.0475. The van der Waals surface area contributed by atoms with Crippen molar-refractivity contribution >= 4 is 21.8 Å². The Morgan fingerprint density at radius 2 is 1.62 bits per heavy atom. The van der Waals surface area contributed by atoms with Crippen molar-refractivity contribution in [1.29, 1.82) is 0 Å². The van der Waals surface area contributed by atoms with E-state index in [1.807, 2.05) is 0 Å². The third-order valence-corrected chi connectivity index (χ3v) is 6.57. The summed E-state index contributed by atoms with van der Waals surface area (Å²) in [6.45, 7) is 3.31. The van der Waals surface area contributed by atoms with Crippen LogP contribution in [0.5, 0.6) is 0 Å². The van der Waals surface area contributed by atoms with Crippen LogP contribution in [0, 0.1) is 19.7 Å². The summed E-state index contributed by atoms with van der Waals surface area (Å²) in [7, 11) is -0.937. The number of aromatic nitrogens is 2. The van der Waals surface area contributed by atoms with Crippen molar-refractivity contribution in [3.8, 4) is 5.69 Å². The van der Waals surface area contributed by atoms with E-state index in [4.69, 9.17) is 0 Å². The maximum absolute atomic E-state index is 13.2. The topological polar surface area (TPSA) is 113 Å². The van der Waals surface area contributed by atoms with Crippen LogP contribution in [0.1, 0.15) is 32.1 Å². The van der Waals surface area contributed by atoms with Gasteiger partial charge in [0.05, 0.1) is 27.5 Å². The number of carbonyl (C=O) groups is 2. The molecule has 1 heterocycles. The van der Waals surface area contributed by atoms with Crippen LogP contribution in [-0.4, -0.2) is 48.4 Å². The third-order valence-electron chi connectivity index (χ3n) is 4.75. The van der Waals surface area contributed by atoms with E-state index in [2.05, 4.69) is 16.0 Å². The molecule has 0 spiro atoms. The van der Waals surface area contributed by atoms with Gasteiger partial charge in [-0.05, 0) is 56.3 Å². The number of rotatable bonds is 5. The molecule has 0 saturated carbocycles. The zero-order valence-electron chi connectivity index (χ0n) is 17.9. The molecule has 0 fully saturated rings. The Hall–Kier alpha value is -3.57. The zero-order valence-corrected chi connectivity index (χ0v) is 18.7. The van der Waals surface area contributed by atoms with E-state index < -0.39 is 27.7 Å². The molecule has 9 nitrogen and oxygen atoms in total. The minimum atomic E-state index is -3.71. The van der Waals surface area contributed by atoms with Crippen LogP contribution in [-0.2, 0) is 10.0 Å². The first-order valence-electron chi connectivity index (χ1n) is 9.48. The molecular formula is C21H22FN5O4S. The SMILES string of the molecule is Cc1nn(-c2ccc(F)cc2)c(C)c1C(=O)NNC(=O)c1cccc(S(=O)(=O)N(C)C)c1. The predicted octanol–water partition coefficient (Wildman–Crippen LogP) is 1.95. The molecule has 2 N–H and O–H groups in total. The molecule has 0 unspecified atom stereocenters. The second-order valence-electron chi connectivity index (χ2n) is 7.16. The highest BCUT2D eigenvalue weighted by Gasteiger charge is 2.21. The van der Waals surface area contributed by atoms with E-state index in [0.717, 1.165) is 4.31 Å². The fourth-order valence-corrected chi connectivity index (χ4v) is 4.01. The van der Waals surface area contributed by atoms with Crippen LogP contribution >= 0.6 is 0 Å². The molecule has 0 bridgehead atoms. The van der Waals surface area contributed by atoms with Gasteiger partial charge in [0.1, 0.15) is 5.82 Å². The van der Waals surface area contributed by atoms with Gasteiger partial charge in [-0.25, -0.2) is 21.8 Å². The van der Waals surface area contributed by atoms with E-state index >= 15 is 0 Å². The second kappa shape index (κ2) is 8.89. The Morgan fingerprint density at radius 3 is 2.25 bits per heavy atom. The third kappa shape index (κ3) is 4.53. The molecule has 11 heteroatoms. The quantitative estimate of drug-likeness (QED) is 0.567. The summed E-state index contributed by atoms with van der Waals surface area (Å²) < 4.78 is 40.3. The standard InChI is InChI=1S/C21H22FN5O4S/c1-13-19(14(2)27(25-13)17-10-8-16(22)9-11-17)21(29)24-23-20(28)15-6-5-7-18(12-15)32(30,31)26(3)4/h5-12H,1-4H3,(H,23,28)(H,24,29). The highest BCUT2D eigenvalue weighted by atomic mass is 32.2. The Balaban J connectivity index is 1.77. The van der Waals surface area contributed by atoms with Gasteiger partial charge in [0.2, 0.25) is 10.0 Å². The van der Waals surface area contributed by atoms with Crippen molar-refractivity contribution in [3.05, 3.63) is 76.9 Å². The molecule has 0 atom stereocenters. The lowest BCUT2D eigenvalue weighted by molar-refractivity contribution is 0.0845. The van der Waals surface area contributed by atoms with Crippen molar-refractivity contribution in [1.82, 2.24) is 24.9 Å². The summed E-state index contributed by atoms with van der Waals surface area (Å²) in [5.74, 6) is -1.67. The van der Waals surface area contributed by atoms with E-state index in [9.17, 15) is 22.4 Å². The molecule has 0 aliphatic carbocycles. The van der Waals surface area contributed by atoms with Gasteiger partial charge in [-0.3, -0.25) is 20.4 Å². The van der Waals surface area contributed by atoms with E-state index in [1.54, 1.807) is 13.8 Å². The first kappa shape index (κ1) is 23.1. The Labute approximate surface area is 184 Å². The van der Waals surface area contributed by atoms with Crippen LogP contribution in [0.4, 0.5) is 4.39 Å². The lowest BCUT2D eigenvalue weighted by atomic mass is 10.2. The minimum Gasteiger partial charge on any atom is -0.267 e. The summed E-state index contributed by atoms with van der Waals surface area (Å²) in [4.78, 5) is 25.1. The number of benzene rings is 2. The lowest BCUT2D eigenvalue weighted by Crippen LogP contribution is -2.42. The van der Waals surface area contributed by atoms with Crippen LogP contribution in [0.2, 0.25) is 0 Å². The highest BCUT2D eigenvalue weighted by molar-refractivity contribution is 7.89. The number of hydrogen-bond acceptors (Lipinski definition) is 5. The van der Waals surface area contributed by atoms with E-state index in [-0.39, 0.29) is 16.0 Å². The predicted molar refractivity (Wildman–Crippen MR) is 115 cm³/mol. The number of hydrogen-bond donors (Lipinski definition) is 2. The van der Waals surface area contributed by atoms with Crippen LogP contribution in [0.3, 0.4) is 0 Å². The van der Waals surface area contributed by atoms with Gasteiger partial charge in [0.25, 0.3) is 11.8 Å². The van der Waals surface area contributed by atoms with Gasteiger partial charge < -0.3 is 0 Å². The Kier molecular flexibility index (Phi) is 6.42. The second-order valence-corrected chi connectivity index (χ2v) is 9.31. The number of aryl methyl sites for hydroxylation is 1. The maximum atomic E-state index is 13.2. The van der Waals surface area contributed by atoms with Gasteiger partial charge >= 0.3 is 0 Å². The van der Waals surface area contributed by atoms with Crippen LogP contribution in [0.15, 0.2) is 53.4 Å². The van der Waals surface area contributed by atoms with Crippen molar-refractivity contribution in [2.24, 2.45) is 0 Å². The van der Waals surface area contributed by atoms with Gasteiger partial charge in [0.15, 0.2) is 0 Å². The molecule has 1 aromatic heterocycles. The average Bonchev–Trinajstić information content (AvgIpc) is 3.06. The monoisotopic (exact) mass is 459 g/mol. The number of nitrogens with zero attached hydrogens (tertiary/aromatic N) is 3. The van der Waals surface area contributed by atoms with Gasteiger partial charge in [-0.15, -0.1) is 0 Å². The summed E-state index contributed by atoms with van der Waals surface area (Å²) >= 11 is 0. The van der Waals surface area contributed by atoms with Gasteiger partial charge in [0, 0.05) is 19.7 Å². The molecular weight excluding hydrogens is 437 g/mol. The van der Waals surface area contributed by atoms with E-state index in [0.29, 0.717) is 17.1 Å². The average molecular weight is 460 g/mol. The Morgan fingerprint density at radius 1 is 1.00 bits per heavy atom. The fourth-order valence-electron chi connectivity index (χ4n) is 3.06. The molecule has 0 aliphatic heterocycles. The number of hydrazine groups is 1. The lowest BCUT2D eigenvalue weighted by Gasteiger charge is -2.12. The molecule has 32 heavy (non-hydrogen) atoms. The molecule has 2 amide bonds. The van der Waals surface area contributed by atoms with E-state index in [1.165, 1.54) is 67.3 Å². The molecule has 3 rings (SSSR count). The molecule has 3 aromatic rings. The van der Waals surface area contributed by atoms with Crippen LogP contribution in [0.25, 0.3) is 5.69 Å². The largest absolute Gasteiger partial charge is 0.273 e. The smallest absolute Gasteiger partial charge is 0.267 e. The molecule has 0 saturated heterocycles. The molecule has 0 aliphatic rings. The molecule has 2 aromatic carbocycles. The summed E-state index contributed by atoms with van der Waals surface area (Å²) in [5, 5.41) is 4.32. The highest BCUT2D eigenvalue weighted by Crippen LogP contribution is 2.18. The Bertz CT molecular complexity index is 1280. The van der Waals surface area contributed by atoms with Crippen molar-refractivity contribution in [2.45, 2.75) is 18.7 Å². The number of carbonyl (C=O) groups excluding carboxylic acids is 2. The van der Waals surface area contributed by atoms with Gasteiger partial charge in [-0.1, -0.05) is 6.07 Å². The van der Waals surface area contributed by atoms with Crippen molar-refractivity contribution in [3.63, 3.8) is 0 Å². The fraction of sp³-hybridized carbons (Fsp3) is 0.190. The van der Waals surface area contributed by atoms with Crippen molar-refractivity contribution in [2.75, 3.05) is 14.1 Å². The summed E-state index contributed by atoms with van der Waals surface area (Å²) in [6, 6.07) is 11.1. The number of nitrogens with one attached hydrogen (secondary N) is 2. The maximum Gasteiger partial charge on any atom is 0.273 e. The van der Waals surface area contributed by atoms with Crippen LogP contribution < -0.4 is 10.9 Å². The number of halogens is 1.